The molecule has 2 heterocycles. The lowest BCUT2D eigenvalue weighted by atomic mass is 10.1. The van der Waals surface area contributed by atoms with Crippen molar-refractivity contribution in [3.8, 4) is 11.4 Å². The first-order valence-electron chi connectivity index (χ1n) is 7.74. The molecule has 0 aliphatic carbocycles. The molecule has 0 N–H and O–H groups in total. The molecule has 0 saturated heterocycles. The molecule has 2 aromatic heterocycles. The molecule has 3 aromatic rings. The Kier molecular flexibility index (Phi) is 4.87. The zero-order valence-electron chi connectivity index (χ0n) is 13.9. The fourth-order valence-corrected chi connectivity index (χ4v) is 4.34. The maximum Gasteiger partial charge on any atom is 0.192 e. The van der Waals surface area contributed by atoms with Crippen LogP contribution in [0.3, 0.4) is 0 Å². The van der Waals surface area contributed by atoms with Gasteiger partial charge in [0.2, 0.25) is 0 Å². The molecule has 1 aromatic carbocycles. The van der Waals surface area contributed by atoms with Gasteiger partial charge in [0.05, 0.1) is 0 Å². The van der Waals surface area contributed by atoms with Crippen molar-refractivity contribution < 1.29 is 0 Å². The smallest absolute Gasteiger partial charge is 0.192 e. The molecule has 0 aliphatic heterocycles. The fraction of sp³-hybridized carbons (Fsp3) is 0.333. The van der Waals surface area contributed by atoms with E-state index in [0.29, 0.717) is 6.04 Å². The van der Waals surface area contributed by atoms with Crippen LogP contribution in [0.2, 0.25) is 0 Å². The number of aromatic nitrogens is 3. The number of nitrogens with zero attached hydrogens (tertiary/aromatic N) is 3. The third kappa shape index (κ3) is 3.51. The molecule has 3 rings (SSSR count). The summed E-state index contributed by atoms with van der Waals surface area (Å²) >= 11 is 3.51. The summed E-state index contributed by atoms with van der Waals surface area (Å²) in [6.45, 7) is 8.65. The zero-order valence-corrected chi connectivity index (χ0v) is 15.5. The molecule has 120 valence electrons. The second-order valence-corrected chi connectivity index (χ2v) is 7.99. The summed E-state index contributed by atoms with van der Waals surface area (Å²) in [5, 5.41) is 12.1. The Labute approximate surface area is 145 Å². The fourth-order valence-electron chi connectivity index (χ4n) is 2.51. The predicted octanol–water partition coefficient (Wildman–Crippen LogP) is 5.50. The van der Waals surface area contributed by atoms with Crippen LogP contribution in [0.25, 0.3) is 11.4 Å². The summed E-state index contributed by atoms with van der Waals surface area (Å²) in [5.41, 5.74) is 3.84. The first kappa shape index (κ1) is 16.3. The van der Waals surface area contributed by atoms with Crippen molar-refractivity contribution in [2.75, 3.05) is 0 Å². The minimum Gasteiger partial charge on any atom is -0.299 e. The van der Waals surface area contributed by atoms with Crippen LogP contribution in [0.5, 0.6) is 0 Å². The Morgan fingerprint density at radius 3 is 2.61 bits per heavy atom. The van der Waals surface area contributed by atoms with Crippen LogP contribution < -0.4 is 0 Å². The second-order valence-electron chi connectivity index (χ2n) is 5.93. The topological polar surface area (TPSA) is 30.7 Å². The van der Waals surface area contributed by atoms with E-state index in [0.717, 1.165) is 22.3 Å². The van der Waals surface area contributed by atoms with Gasteiger partial charge in [-0.1, -0.05) is 36.0 Å². The Morgan fingerprint density at radius 1 is 1.17 bits per heavy atom. The van der Waals surface area contributed by atoms with Gasteiger partial charge >= 0.3 is 0 Å². The molecule has 23 heavy (non-hydrogen) atoms. The van der Waals surface area contributed by atoms with E-state index in [-0.39, 0.29) is 0 Å². The minimum absolute atomic E-state index is 0.333. The van der Waals surface area contributed by atoms with Crippen molar-refractivity contribution in [2.45, 2.75) is 44.6 Å². The van der Waals surface area contributed by atoms with Gasteiger partial charge in [0.1, 0.15) is 0 Å². The van der Waals surface area contributed by atoms with Crippen molar-refractivity contribution in [3.63, 3.8) is 0 Å². The Morgan fingerprint density at radius 2 is 1.96 bits per heavy atom. The van der Waals surface area contributed by atoms with E-state index in [1.165, 1.54) is 16.0 Å². The van der Waals surface area contributed by atoms with E-state index in [4.69, 9.17) is 0 Å². The molecule has 0 fully saturated rings. The van der Waals surface area contributed by atoms with Crippen molar-refractivity contribution in [1.82, 2.24) is 14.8 Å². The maximum absolute atomic E-state index is 4.45. The monoisotopic (exact) mass is 343 g/mol. The average molecular weight is 344 g/mol. The first-order valence-corrected chi connectivity index (χ1v) is 9.60. The summed E-state index contributed by atoms with van der Waals surface area (Å²) < 4.78 is 2.24. The van der Waals surface area contributed by atoms with Gasteiger partial charge in [-0.05, 0) is 44.9 Å². The summed E-state index contributed by atoms with van der Waals surface area (Å²) in [7, 11) is 0. The van der Waals surface area contributed by atoms with Gasteiger partial charge in [0, 0.05) is 27.6 Å². The van der Waals surface area contributed by atoms with Crippen molar-refractivity contribution in [1.29, 1.82) is 0 Å². The van der Waals surface area contributed by atoms with Crippen LogP contribution in [0.4, 0.5) is 0 Å². The van der Waals surface area contributed by atoms with Crippen LogP contribution in [-0.2, 0) is 5.75 Å². The number of hydrogen-bond acceptors (Lipinski definition) is 4. The van der Waals surface area contributed by atoms with Crippen molar-refractivity contribution in [2.24, 2.45) is 0 Å². The van der Waals surface area contributed by atoms with E-state index >= 15 is 0 Å². The molecule has 0 bridgehead atoms. The zero-order chi connectivity index (χ0) is 16.4. The third-order valence-corrected chi connectivity index (χ3v) is 5.64. The Balaban J connectivity index is 1.88. The maximum atomic E-state index is 4.45. The van der Waals surface area contributed by atoms with Crippen molar-refractivity contribution in [3.05, 3.63) is 51.7 Å². The number of hydrogen-bond donors (Lipinski definition) is 0. The van der Waals surface area contributed by atoms with Gasteiger partial charge in [0.15, 0.2) is 11.0 Å². The van der Waals surface area contributed by atoms with E-state index in [9.17, 15) is 0 Å². The molecule has 3 nitrogen and oxygen atoms in total. The van der Waals surface area contributed by atoms with E-state index in [1.54, 1.807) is 23.1 Å². The van der Waals surface area contributed by atoms with Gasteiger partial charge in [0.25, 0.3) is 0 Å². The minimum atomic E-state index is 0.333. The molecule has 0 spiro atoms. The Hall–Kier alpha value is -1.59. The van der Waals surface area contributed by atoms with Crippen LogP contribution in [-0.4, -0.2) is 14.8 Å². The lowest BCUT2D eigenvalue weighted by molar-refractivity contribution is 0.555. The molecular formula is C18H21N3S2. The van der Waals surface area contributed by atoms with Gasteiger partial charge in [-0.2, -0.15) is 0 Å². The van der Waals surface area contributed by atoms with E-state index < -0.39 is 0 Å². The first-order chi connectivity index (χ1) is 11.1. The summed E-state index contributed by atoms with van der Waals surface area (Å²) in [6, 6.07) is 11.0. The summed E-state index contributed by atoms with van der Waals surface area (Å²) in [4.78, 5) is 1.30. The molecule has 0 unspecified atom stereocenters. The van der Waals surface area contributed by atoms with Gasteiger partial charge < -0.3 is 0 Å². The van der Waals surface area contributed by atoms with Gasteiger partial charge in [-0.25, -0.2) is 0 Å². The van der Waals surface area contributed by atoms with Gasteiger partial charge in [-0.3, -0.25) is 4.57 Å². The summed E-state index contributed by atoms with van der Waals surface area (Å²) in [6.07, 6.45) is 0. The number of benzene rings is 1. The van der Waals surface area contributed by atoms with Gasteiger partial charge in [-0.15, -0.1) is 21.5 Å². The number of aryl methyl sites for hydroxylation is 2. The van der Waals surface area contributed by atoms with Crippen molar-refractivity contribution >= 4 is 23.1 Å². The van der Waals surface area contributed by atoms with E-state index in [2.05, 4.69) is 78.2 Å². The van der Waals surface area contributed by atoms with Crippen LogP contribution in [0.15, 0.2) is 40.9 Å². The lowest BCUT2D eigenvalue weighted by Gasteiger charge is -2.13. The highest BCUT2D eigenvalue weighted by Crippen LogP contribution is 2.31. The molecule has 0 radical (unpaired) electrons. The van der Waals surface area contributed by atoms with E-state index in [1.807, 2.05) is 0 Å². The molecule has 0 saturated carbocycles. The lowest BCUT2D eigenvalue weighted by Crippen LogP contribution is -2.05. The highest BCUT2D eigenvalue weighted by molar-refractivity contribution is 7.98. The number of thiophene rings is 1. The van der Waals surface area contributed by atoms with Crippen LogP contribution >= 0.6 is 23.1 Å². The Bertz CT molecular complexity index is 802. The molecule has 0 aliphatic rings. The predicted molar refractivity (Wildman–Crippen MR) is 99.2 cm³/mol. The normalized spacial score (nSPS) is 11.3. The highest BCUT2D eigenvalue weighted by atomic mass is 32.2. The quantitative estimate of drug-likeness (QED) is 0.573. The van der Waals surface area contributed by atoms with Crippen LogP contribution in [0.1, 0.15) is 35.9 Å². The standard InChI is InChI=1S/C18H21N3S2/c1-12(2)21-17(16-9-14(4)22-11-16)19-20-18(21)23-10-15-8-6-5-7-13(15)3/h5-9,11-12H,10H2,1-4H3. The molecule has 5 heteroatoms. The largest absolute Gasteiger partial charge is 0.299 e. The molecule has 0 atom stereocenters. The number of thioether (sulfide) groups is 1. The molecular weight excluding hydrogens is 322 g/mol. The summed E-state index contributed by atoms with van der Waals surface area (Å²) in [5.74, 6) is 1.89. The van der Waals surface area contributed by atoms with Crippen LogP contribution in [0, 0.1) is 13.8 Å². The third-order valence-electron chi connectivity index (χ3n) is 3.79. The highest BCUT2D eigenvalue weighted by Gasteiger charge is 2.17. The average Bonchev–Trinajstić information content (AvgIpc) is 3.12. The molecule has 0 amide bonds. The number of rotatable bonds is 5. The second kappa shape index (κ2) is 6.89. The SMILES string of the molecule is Cc1cc(-c2nnc(SCc3ccccc3C)n2C(C)C)cs1.